The maximum atomic E-state index is 11.2. The van der Waals surface area contributed by atoms with Gasteiger partial charge < -0.3 is 18.9 Å². The lowest BCUT2D eigenvalue weighted by atomic mass is 10.0. The monoisotopic (exact) mass is 384 g/mol. The molecule has 27 heavy (non-hydrogen) atoms. The summed E-state index contributed by atoms with van der Waals surface area (Å²) in [6, 6.07) is 0. The first kappa shape index (κ1) is 22.2. The van der Waals surface area contributed by atoms with Gasteiger partial charge in [0.25, 0.3) is 0 Å². The molecule has 0 aromatic rings. The molecule has 0 aromatic carbocycles. The molecule has 0 N–H and O–H groups in total. The molecular formula is C21H36O6. The van der Waals surface area contributed by atoms with Crippen LogP contribution < -0.4 is 0 Å². The lowest BCUT2D eigenvalue weighted by Crippen LogP contribution is -2.23. The topological polar surface area (TPSA) is 71.1 Å². The third kappa shape index (κ3) is 10.7. The second-order valence-electron chi connectivity index (χ2n) is 7.58. The van der Waals surface area contributed by atoms with Gasteiger partial charge in [-0.2, -0.15) is 0 Å². The first-order valence-electron chi connectivity index (χ1n) is 10.8. The fraction of sp³-hybridized carbons (Fsp3) is 0.905. The summed E-state index contributed by atoms with van der Waals surface area (Å²) in [6.45, 7) is 2.99. The van der Waals surface area contributed by atoms with E-state index in [-0.39, 0.29) is 24.1 Å². The van der Waals surface area contributed by atoms with Crippen LogP contribution in [0, 0.1) is 0 Å². The van der Waals surface area contributed by atoms with Crippen LogP contribution in [0.5, 0.6) is 0 Å². The van der Waals surface area contributed by atoms with Crippen LogP contribution >= 0.6 is 0 Å². The van der Waals surface area contributed by atoms with Crippen LogP contribution in [-0.2, 0) is 28.5 Å². The number of carbonyl (C=O) groups is 2. The minimum absolute atomic E-state index is 0.0417. The van der Waals surface area contributed by atoms with Crippen LogP contribution in [0.4, 0.5) is 0 Å². The van der Waals surface area contributed by atoms with Gasteiger partial charge in [0, 0.05) is 39.3 Å². The Kier molecular flexibility index (Phi) is 11.4. The zero-order chi connectivity index (χ0) is 19.2. The maximum absolute atomic E-state index is 11.2. The Labute approximate surface area is 163 Å². The third-order valence-electron chi connectivity index (χ3n) is 5.12. The summed E-state index contributed by atoms with van der Waals surface area (Å²) in [5.74, 6) is -0.0835. The highest BCUT2D eigenvalue weighted by molar-refractivity contribution is 5.70. The summed E-state index contributed by atoms with van der Waals surface area (Å²) < 4.78 is 21.9. The molecule has 6 heteroatoms. The summed E-state index contributed by atoms with van der Waals surface area (Å²) in [7, 11) is 0. The van der Waals surface area contributed by atoms with E-state index in [1.54, 1.807) is 0 Å². The average Bonchev–Trinajstić information content (AvgIpc) is 2.65. The second kappa shape index (κ2) is 13.9. The van der Waals surface area contributed by atoms with Crippen LogP contribution in [-0.4, -0.2) is 50.6 Å². The molecule has 2 heterocycles. The van der Waals surface area contributed by atoms with Gasteiger partial charge in [0.1, 0.15) is 12.2 Å². The van der Waals surface area contributed by atoms with E-state index in [4.69, 9.17) is 18.9 Å². The smallest absolute Gasteiger partial charge is 0.306 e. The SMILES string of the molecule is O=C1CCCC(CCCCOCCCOCCCCC2CCCC(=O)O2)O1. The number of cyclic esters (lactones) is 2. The standard InChI is InChI=1S/C21H36O6/c22-20-12-5-10-18(26-20)8-1-3-14-24-16-7-17-25-15-4-2-9-19-11-6-13-21(23)27-19/h18-19H,1-17H2. The largest absolute Gasteiger partial charge is 0.462 e. The van der Waals surface area contributed by atoms with Gasteiger partial charge >= 0.3 is 11.9 Å². The van der Waals surface area contributed by atoms with E-state index in [2.05, 4.69) is 0 Å². The molecule has 0 aromatic heterocycles. The number of ether oxygens (including phenoxy) is 4. The lowest BCUT2D eigenvalue weighted by Gasteiger charge is -2.22. The van der Waals surface area contributed by atoms with Gasteiger partial charge in [-0.1, -0.05) is 0 Å². The van der Waals surface area contributed by atoms with Crippen molar-refractivity contribution in [3.05, 3.63) is 0 Å². The predicted molar refractivity (Wildman–Crippen MR) is 101 cm³/mol. The quantitative estimate of drug-likeness (QED) is 0.334. The van der Waals surface area contributed by atoms with E-state index in [1.807, 2.05) is 0 Å². The second-order valence-corrected chi connectivity index (χ2v) is 7.58. The fourth-order valence-electron chi connectivity index (χ4n) is 3.58. The highest BCUT2D eigenvalue weighted by Gasteiger charge is 2.20. The van der Waals surface area contributed by atoms with E-state index < -0.39 is 0 Å². The molecule has 156 valence electrons. The summed E-state index contributed by atoms with van der Waals surface area (Å²) in [6.07, 6.45) is 12.3. The Morgan fingerprint density at radius 3 is 1.56 bits per heavy atom. The molecule has 2 fully saturated rings. The van der Waals surface area contributed by atoms with E-state index in [0.29, 0.717) is 12.8 Å². The van der Waals surface area contributed by atoms with Gasteiger partial charge in [-0.15, -0.1) is 0 Å². The molecule has 2 atom stereocenters. The van der Waals surface area contributed by atoms with Crippen molar-refractivity contribution in [3.63, 3.8) is 0 Å². The number of hydrogen-bond acceptors (Lipinski definition) is 6. The Hall–Kier alpha value is -1.14. The first-order chi connectivity index (χ1) is 13.2. The minimum Gasteiger partial charge on any atom is -0.462 e. The molecule has 2 rings (SSSR count). The van der Waals surface area contributed by atoms with E-state index in [1.165, 1.54) is 0 Å². The number of unbranched alkanes of at least 4 members (excludes halogenated alkanes) is 2. The van der Waals surface area contributed by atoms with Crippen LogP contribution in [0.1, 0.15) is 83.5 Å². The molecular weight excluding hydrogens is 348 g/mol. The molecule has 0 radical (unpaired) electrons. The average molecular weight is 385 g/mol. The first-order valence-corrected chi connectivity index (χ1v) is 10.8. The number of hydrogen-bond donors (Lipinski definition) is 0. The molecule has 0 amide bonds. The van der Waals surface area contributed by atoms with Crippen LogP contribution in [0.15, 0.2) is 0 Å². The molecule has 0 aliphatic carbocycles. The number of rotatable bonds is 14. The van der Waals surface area contributed by atoms with Gasteiger partial charge in [0.05, 0.1) is 0 Å². The van der Waals surface area contributed by atoms with Crippen molar-refractivity contribution in [3.8, 4) is 0 Å². The molecule has 2 unspecified atom stereocenters. The number of esters is 2. The van der Waals surface area contributed by atoms with E-state index >= 15 is 0 Å². The van der Waals surface area contributed by atoms with Gasteiger partial charge in [0.15, 0.2) is 0 Å². The van der Waals surface area contributed by atoms with E-state index in [9.17, 15) is 9.59 Å². The summed E-state index contributed by atoms with van der Waals surface area (Å²) in [5.41, 5.74) is 0. The van der Waals surface area contributed by atoms with Crippen molar-refractivity contribution in [1.82, 2.24) is 0 Å². The maximum Gasteiger partial charge on any atom is 0.306 e. The highest BCUT2D eigenvalue weighted by Crippen LogP contribution is 2.19. The molecule has 2 saturated heterocycles. The van der Waals surface area contributed by atoms with Crippen LogP contribution in [0.3, 0.4) is 0 Å². The summed E-state index contributed by atoms with van der Waals surface area (Å²) in [4.78, 5) is 22.4. The van der Waals surface area contributed by atoms with Crippen molar-refractivity contribution in [1.29, 1.82) is 0 Å². The van der Waals surface area contributed by atoms with Crippen LogP contribution in [0.2, 0.25) is 0 Å². The summed E-state index contributed by atoms with van der Waals surface area (Å²) in [5, 5.41) is 0. The Balaban J connectivity index is 1.27. The van der Waals surface area contributed by atoms with Gasteiger partial charge in [-0.3, -0.25) is 9.59 Å². The van der Waals surface area contributed by atoms with Crippen molar-refractivity contribution < 1.29 is 28.5 Å². The molecule has 2 aliphatic heterocycles. The zero-order valence-electron chi connectivity index (χ0n) is 16.6. The normalized spacial score (nSPS) is 23.1. The van der Waals surface area contributed by atoms with Crippen molar-refractivity contribution in [2.24, 2.45) is 0 Å². The van der Waals surface area contributed by atoms with Crippen molar-refractivity contribution in [2.45, 2.75) is 95.7 Å². The molecule has 6 nitrogen and oxygen atoms in total. The molecule has 0 bridgehead atoms. The van der Waals surface area contributed by atoms with Gasteiger partial charge in [0.2, 0.25) is 0 Å². The van der Waals surface area contributed by atoms with Gasteiger partial charge in [-0.05, 0) is 70.6 Å². The molecule has 0 saturated carbocycles. The number of carbonyl (C=O) groups excluding carboxylic acids is 2. The van der Waals surface area contributed by atoms with Crippen molar-refractivity contribution in [2.75, 3.05) is 26.4 Å². The lowest BCUT2D eigenvalue weighted by molar-refractivity contribution is -0.155. The van der Waals surface area contributed by atoms with Crippen LogP contribution in [0.25, 0.3) is 0 Å². The Morgan fingerprint density at radius 2 is 1.11 bits per heavy atom. The summed E-state index contributed by atoms with van der Waals surface area (Å²) >= 11 is 0. The van der Waals surface area contributed by atoms with Crippen molar-refractivity contribution >= 4 is 11.9 Å². The third-order valence-corrected chi connectivity index (χ3v) is 5.12. The zero-order valence-corrected chi connectivity index (χ0v) is 16.6. The highest BCUT2D eigenvalue weighted by atomic mass is 16.5. The fourth-order valence-corrected chi connectivity index (χ4v) is 3.58. The predicted octanol–water partition coefficient (Wildman–Crippen LogP) is 3.94. The molecule has 2 aliphatic rings. The Morgan fingerprint density at radius 1 is 0.667 bits per heavy atom. The van der Waals surface area contributed by atoms with Gasteiger partial charge in [-0.25, -0.2) is 0 Å². The van der Waals surface area contributed by atoms with E-state index in [0.717, 1.165) is 97.1 Å². The minimum atomic E-state index is -0.0417. The Bertz CT molecular complexity index is 387. The molecule has 0 spiro atoms.